The van der Waals surface area contributed by atoms with E-state index in [0.29, 0.717) is 0 Å². The molecule has 0 saturated carbocycles. The van der Waals surface area contributed by atoms with Crippen LogP contribution >= 0.6 is 11.3 Å². The molecule has 1 unspecified atom stereocenters. The lowest BCUT2D eigenvalue weighted by molar-refractivity contribution is 0.777. The van der Waals surface area contributed by atoms with E-state index in [1.54, 1.807) is 15.3 Å². The summed E-state index contributed by atoms with van der Waals surface area (Å²) in [6.07, 6.45) is 5.43. The molecule has 1 saturated heterocycles. The summed E-state index contributed by atoms with van der Waals surface area (Å²) >= 11 is 2.08. The second-order valence-electron chi connectivity index (χ2n) is 4.14. The maximum atomic E-state index is 3.44. The number of hydrogen-bond donors (Lipinski definition) is 1. The Balaban J connectivity index is 1.88. The highest BCUT2D eigenvalue weighted by molar-refractivity contribution is 7.12. The Hall–Kier alpha value is -0.340. The quantitative estimate of drug-likeness (QED) is 0.721. The van der Waals surface area contributed by atoms with Crippen LogP contribution in [0.4, 0.5) is 0 Å². The van der Waals surface area contributed by atoms with Crippen molar-refractivity contribution >= 4 is 11.3 Å². The fourth-order valence-corrected chi connectivity index (χ4v) is 3.84. The molecule has 2 heterocycles. The third kappa shape index (κ3) is 1.32. The minimum atomic E-state index is 0.829. The first-order valence-corrected chi connectivity index (χ1v) is 6.07. The average molecular weight is 193 g/mol. The van der Waals surface area contributed by atoms with E-state index in [1.807, 2.05) is 0 Å². The number of thiophene rings is 1. The van der Waals surface area contributed by atoms with Crippen LogP contribution in [0.25, 0.3) is 0 Å². The van der Waals surface area contributed by atoms with Crippen LogP contribution in [0.5, 0.6) is 0 Å². The van der Waals surface area contributed by atoms with Gasteiger partial charge in [-0.1, -0.05) is 0 Å². The van der Waals surface area contributed by atoms with E-state index in [4.69, 9.17) is 0 Å². The zero-order valence-electron chi connectivity index (χ0n) is 7.81. The second kappa shape index (κ2) is 3.10. The smallest absolute Gasteiger partial charge is 0.00951 e. The highest BCUT2D eigenvalue weighted by atomic mass is 32.1. The lowest BCUT2D eigenvalue weighted by atomic mass is 10.1. The van der Waals surface area contributed by atoms with E-state index in [1.165, 1.54) is 38.8 Å². The Morgan fingerprint density at radius 2 is 2.38 bits per heavy atom. The van der Waals surface area contributed by atoms with Gasteiger partial charge < -0.3 is 5.32 Å². The molecular formula is C11H15NS. The van der Waals surface area contributed by atoms with Gasteiger partial charge in [-0.15, -0.1) is 11.3 Å². The van der Waals surface area contributed by atoms with E-state index in [-0.39, 0.29) is 0 Å². The molecule has 1 aromatic heterocycles. The lowest BCUT2D eigenvalue weighted by Crippen LogP contribution is -2.07. The average Bonchev–Trinajstić information content (AvgIpc) is 2.78. The first kappa shape index (κ1) is 8.01. The van der Waals surface area contributed by atoms with Gasteiger partial charge in [0.25, 0.3) is 0 Å². The van der Waals surface area contributed by atoms with Crippen LogP contribution in [0, 0.1) is 0 Å². The van der Waals surface area contributed by atoms with Crippen LogP contribution in [0.1, 0.15) is 34.1 Å². The van der Waals surface area contributed by atoms with Gasteiger partial charge in [-0.25, -0.2) is 0 Å². The van der Waals surface area contributed by atoms with Crippen LogP contribution in [0.2, 0.25) is 0 Å². The Labute approximate surface area is 83.2 Å². The first-order valence-electron chi connectivity index (χ1n) is 5.25. The molecule has 1 atom stereocenters. The van der Waals surface area contributed by atoms with Gasteiger partial charge >= 0.3 is 0 Å². The molecule has 2 heteroatoms. The Morgan fingerprint density at radius 1 is 1.38 bits per heavy atom. The zero-order chi connectivity index (χ0) is 8.67. The molecule has 0 spiro atoms. The molecule has 1 N–H and O–H groups in total. The molecule has 0 aromatic carbocycles. The van der Waals surface area contributed by atoms with Gasteiger partial charge in [0, 0.05) is 22.2 Å². The molecule has 0 bridgehead atoms. The molecule has 70 valence electrons. The summed E-state index contributed by atoms with van der Waals surface area (Å²) in [6, 6.07) is 2.48. The molecular weight excluding hydrogens is 178 g/mol. The minimum absolute atomic E-state index is 0.829. The number of rotatable bonds is 1. The van der Waals surface area contributed by atoms with E-state index >= 15 is 0 Å². The van der Waals surface area contributed by atoms with Crippen molar-refractivity contribution in [1.29, 1.82) is 0 Å². The molecule has 1 aliphatic carbocycles. The fourth-order valence-electron chi connectivity index (χ4n) is 2.45. The standard InChI is InChI=1S/C11H15NS/c1-2-8-6-11(13-10(8)3-1)9-4-5-12-7-9/h6,9,12H,1-5,7H2. The Bertz CT molecular complexity index is 288. The van der Waals surface area contributed by atoms with E-state index < -0.39 is 0 Å². The number of nitrogens with one attached hydrogen (secondary N) is 1. The van der Waals surface area contributed by atoms with Gasteiger partial charge in [-0.2, -0.15) is 0 Å². The van der Waals surface area contributed by atoms with Crippen LogP contribution in [-0.2, 0) is 12.8 Å². The molecule has 13 heavy (non-hydrogen) atoms. The zero-order valence-corrected chi connectivity index (χ0v) is 8.62. The van der Waals surface area contributed by atoms with Crippen LogP contribution in [-0.4, -0.2) is 13.1 Å². The molecule has 0 radical (unpaired) electrons. The van der Waals surface area contributed by atoms with Crippen LogP contribution < -0.4 is 5.32 Å². The van der Waals surface area contributed by atoms with Gasteiger partial charge in [0.15, 0.2) is 0 Å². The van der Waals surface area contributed by atoms with Crippen molar-refractivity contribution in [2.75, 3.05) is 13.1 Å². The lowest BCUT2D eigenvalue weighted by Gasteiger charge is -2.03. The van der Waals surface area contributed by atoms with Crippen molar-refractivity contribution < 1.29 is 0 Å². The maximum Gasteiger partial charge on any atom is 0.00951 e. The molecule has 3 rings (SSSR count). The van der Waals surface area contributed by atoms with E-state index in [2.05, 4.69) is 22.7 Å². The predicted octanol–water partition coefficient (Wildman–Crippen LogP) is 2.31. The first-order chi connectivity index (χ1) is 6.43. The third-order valence-corrected chi connectivity index (χ3v) is 4.63. The van der Waals surface area contributed by atoms with Crippen molar-refractivity contribution in [2.45, 2.75) is 31.6 Å². The van der Waals surface area contributed by atoms with Crippen molar-refractivity contribution in [3.63, 3.8) is 0 Å². The Morgan fingerprint density at radius 3 is 3.15 bits per heavy atom. The summed E-state index contributed by atoms with van der Waals surface area (Å²) in [4.78, 5) is 3.33. The van der Waals surface area contributed by atoms with Gasteiger partial charge in [0.1, 0.15) is 0 Å². The highest BCUT2D eigenvalue weighted by Crippen LogP contribution is 2.36. The molecule has 1 aromatic rings. The molecule has 1 nitrogen and oxygen atoms in total. The third-order valence-electron chi connectivity index (χ3n) is 3.23. The summed E-state index contributed by atoms with van der Waals surface area (Å²) in [6.45, 7) is 2.42. The molecule has 0 amide bonds. The summed E-state index contributed by atoms with van der Waals surface area (Å²) in [5.74, 6) is 0.829. The summed E-state index contributed by atoms with van der Waals surface area (Å²) in [5, 5.41) is 3.44. The van der Waals surface area contributed by atoms with Gasteiger partial charge in [0.05, 0.1) is 0 Å². The Kier molecular flexibility index (Phi) is 1.91. The summed E-state index contributed by atoms with van der Waals surface area (Å²) in [5.41, 5.74) is 1.66. The second-order valence-corrected chi connectivity index (χ2v) is 5.31. The normalized spacial score (nSPS) is 26.6. The van der Waals surface area contributed by atoms with Crippen LogP contribution in [0.15, 0.2) is 6.07 Å². The summed E-state index contributed by atoms with van der Waals surface area (Å²) < 4.78 is 0. The van der Waals surface area contributed by atoms with Gasteiger partial charge in [-0.3, -0.25) is 0 Å². The number of hydrogen-bond acceptors (Lipinski definition) is 2. The van der Waals surface area contributed by atoms with E-state index in [0.717, 1.165) is 5.92 Å². The topological polar surface area (TPSA) is 12.0 Å². The predicted molar refractivity (Wildman–Crippen MR) is 56.6 cm³/mol. The van der Waals surface area contributed by atoms with Crippen molar-refractivity contribution in [2.24, 2.45) is 0 Å². The van der Waals surface area contributed by atoms with Crippen molar-refractivity contribution in [1.82, 2.24) is 5.32 Å². The number of aryl methyl sites for hydroxylation is 2. The summed E-state index contributed by atoms with van der Waals surface area (Å²) in [7, 11) is 0. The highest BCUT2D eigenvalue weighted by Gasteiger charge is 2.22. The maximum absolute atomic E-state index is 3.44. The molecule has 1 aliphatic heterocycles. The van der Waals surface area contributed by atoms with Crippen molar-refractivity contribution in [3.05, 3.63) is 21.4 Å². The molecule has 2 aliphatic rings. The van der Waals surface area contributed by atoms with Crippen LogP contribution in [0.3, 0.4) is 0 Å². The monoisotopic (exact) mass is 193 g/mol. The largest absolute Gasteiger partial charge is 0.316 e. The number of fused-ring (bicyclic) bond motifs is 1. The fraction of sp³-hybridized carbons (Fsp3) is 0.636. The van der Waals surface area contributed by atoms with Crippen molar-refractivity contribution in [3.8, 4) is 0 Å². The van der Waals surface area contributed by atoms with E-state index in [9.17, 15) is 0 Å². The van der Waals surface area contributed by atoms with Gasteiger partial charge in [-0.05, 0) is 43.9 Å². The SMILES string of the molecule is c1c(C2CCNC2)sc2c1CCC2. The van der Waals surface area contributed by atoms with Gasteiger partial charge in [0.2, 0.25) is 0 Å². The minimum Gasteiger partial charge on any atom is -0.316 e. The molecule has 1 fully saturated rings.